The van der Waals surface area contributed by atoms with Crippen LogP contribution in [0.5, 0.6) is 5.75 Å². The molecule has 1 rings (SSSR count). The van der Waals surface area contributed by atoms with Crippen LogP contribution in [-0.2, 0) is 0 Å². The summed E-state index contributed by atoms with van der Waals surface area (Å²) in [6.07, 6.45) is 0. The van der Waals surface area contributed by atoms with Gasteiger partial charge in [-0.05, 0) is 30.5 Å². The van der Waals surface area contributed by atoms with Crippen molar-refractivity contribution in [3.05, 3.63) is 35.2 Å². The standard InChI is InChI=1S/C12H14NO/c1-4-14-12-7-10(9(2)3)5-6-11(12)8-13/h5-7H,4H2,1-3H3. The molecule has 0 unspecified atom stereocenters. The maximum Gasteiger partial charge on any atom is 0.137 e. The third kappa shape index (κ3) is 2.26. The molecule has 0 aliphatic carbocycles. The zero-order valence-electron chi connectivity index (χ0n) is 8.79. The molecule has 73 valence electrons. The highest BCUT2D eigenvalue weighted by atomic mass is 16.5. The molecule has 1 aromatic carbocycles. The Labute approximate surface area is 85.1 Å². The van der Waals surface area contributed by atoms with Crippen LogP contribution in [0.1, 0.15) is 31.9 Å². The first kappa shape index (κ1) is 10.6. The van der Waals surface area contributed by atoms with Gasteiger partial charge in [0, 0.05) is 0 Å². The van der Waals surface area contributed by atoms with Crippen molar-refractivity contribution >= 4 is 0 Å². The Balaban J connectivity index is 3.09. The fraction of sp³-hybridized carbons (Fsp3) is 0.333. The molecule has 2 heteroatoms. The summed E-state index contributed by atoms with van der Waals surface area (Å²) in [5.41, 5.74) is 1.71. The Bertz CT molecular complexity index is 350. The van der Waals surface area contributed by atoms with Crippen molar-refractivity contribution in [2.45, 2.75) is 20.8 Å². The van der Waals surface area contributed by atoms with Gasteiger partial charge in [-0.15, -0.1) is 0 Å². The Morgan fingerprint density at radius 3 is 2.64 bits per heavy atom. The van der Waals surface area contributed by atoms with Crippen molar-refractivity contribution in [3.63, 3.8) is 0 Å². The Hall–Kier alpha value is -1.49. The molecule has 1 radical (unpaired) electrons. The van der Waals surface area contributed by atoms with Crippen molar-refractivity contribution in [3.8, 4) is 11.8 Å². The quantitative estimate of drug-likeness (QED) is 0.730. The summed E-state index contributed by atoms with van der Waals surface area (Å²) < 4.78 is 5.38. The molecule has 2 nitrogen and oxygen atoms in total. The van der Waals surface area contributed by atoms with E-state index in [1.807, 2.05) is 32.9 Å². The van der Waals surface area contributed by atoms with E-state index < -0.39 is 0 Å². The third-order valence-corrected chi connectivity index (χ3v) is 1.98. The van der Waals surface area contributed by atoms with Crippen molar-refractivity contribution in [1.29, 1.82) is 5.26 Å². The van der Waals surface area contributed by atoms with E-state index in [9.17, 15) is 0 Å². The normalized spacial score (nSPS) is 9.93. The monoisotopic (exact) mass is 188 g/mol. The van der Waals surface area contributed by atoms with Crippen LogP contribution < -0.4 is 4.74 Å². The van der Waals surface area contributed by atoms with Gasteiger partial charge < -0.3 is 4.74 Å². The lowest BCUT2D eigenvalue weighted by Crippen LogP contribution is -1.97. The van der Waals surface area contributed by atoms with Crippen LogP contribution in [0.2, 0.25) is 0 Å². The molecule has 0 aromatic heterocycles. The summed E-state index contributed by atoms with van der Waals surface area (Å²) in [5.74, 6) is 1.89. The van der Waals surface area contributed by atoms with E-state index in [4.69, 9.17) is 10.00 Å². The molecule has 0 saturated carbocycles. The smallest absolute Gasteiger partial charge is 0.137 e. The summed E-state index contributed by atoms with van der Waals surface area (Å²) >= 11 is 0. The van der Waals surface area contributed by atoms with Gasteiger partial charge in [0.05, 0.1) is 12.2 Å². The predicted octanol–water partition coefficient (Wildman–Crippen LogP) is 2.92. The first-order valence-corrected chi connectivity index (χ1v) is 4.66. The predicted molar refractivity (Wildman–Crippen MR) is 56.0 cm³/mol. The average molecular weight is 188 g/mol. The van der Waals surface area contributed by atoms with Crippen LogP contribution in [-0.4, -0.2) is 6.61 Å². The lowest BCUT2D eigenvalue weighted by atomic mass is 10.0. The molecule has 14 heavy (non-hydrogen) atoms. The van der Waals surface area contributed by atoms with Gasteiger partial charge in [0.2, 0.25) is 0 Å². The van der Waals surface area contributed by atoms with Crippen LogP contribution in [0.3, 0.4) is 0 Å². The minimum absolute atomic E-state index is 0.584. The molecular weight excluding hydrogens is 174 g/mol. The van der Waals surface area contributed by atoms with E-state index in [0.717, 1.165) is 5.56 Å². The fourth-order valence-electron chi connectivity index (χ4n) is 1.20. The van der Waals surface area contributed by atoms with Gasteiger partial charge >= 0.3 is 0 Å². The number of hydrogen-bond acceptors (Lipinski definition) is 2. The van der Waals surface area contributed by atoms with Crippen LogP contribution in [0.4, 0.5) is 0 Å². The molecular formula is C12H14NO. The van der Waals surface area contributed by atoms with Crippen molar-refractivity contribution in [2.24, 2.45) is 0 Å². The highest BCUT2D eigenvalue weighted by Gasteiger charge is 2.06. The second-order valence-electron chi connectivity index (χ2n) is 3.26. The summed E-state index contributed by atoms with van der Waals surface area (Å²) in [6, 6.07) is 7.77. The molecule has 0 fully saturated rings. The van der Waals surface area contributed by atoms with Gasteiger partial charge in [0.25, 0.3) is 0 Å². The number of benzene rings is 1. The lowest BCUT2D eigenvalue weighted by Gasteiger charge is -2.09. The molecule has 0 aliphatic heterocycles. The SMILES string of the molecule is CCOc1cc([C](C)C)ccc1C#N. The van der Waals surface area contributed by atoms with Crippen LogP contribution in [0.25, 0.3) is 0 Å². The summed E-state index contributed by atoms with van der Waals surface area (Å²) in [4.78, 5) is 0. The van der Waals surface area contributed by atoms with Gasteiger partial charge in [-0.25, -0.2) is 0 Å². The minimum Gasteiger partial charge on any atom is -0.492 e. The van der Waals surface area contributed by atoms with E-state index in [2.05, 4.69) is 6.07 Å². The molecule has 0 bridgehead atoms. The zero-order valence-corrected chi connectivity index (χ0v) is 8.79. The van der Waals surface area contributed by atoms with Crippen LogP contribution >= 0.6 is 0 Å². The molecule has 0 N–H and O–H groups in total. The second-order valence-corrected chi connectivity index (χ2v) is 3.26. The molecule has 0 aliphatic rings. The first-order valence-electron chi connectivity index (χ1n) is 4.66. The number of rotatable bonds is 3. The number of ether oxygens (including phenoxy) is 1. The molecule has 0 amide bonds. The average Bonchev–Trinajstić information content (AvgIpc) is 2.18. The van der Waals surface area contributed by atoms with Crippen molar-refractivity contribution < 1.29 is 4.74 Å². The van der Waals surface area contributed by atoms with Gasteiger partial charge in [-0.1, -0.05) is 19.9 Å². The van der Waals surface area contributed by atoms with Gasteiger partial charge in [-0.2, -0.15) is 5.26 Å². The molecule has 0 spiro atoms. The van der Waals surface area contributed by atoms with Crippen molar-refractivity contribution in [2.75, 3.05) is 6.61 Å². The number of nitriles is 1. The largest absolute Gasteiger partial charge is 0.492 e. The highest BCUT2D eigenvalue weighted by Crippen LogP contribution is 2.23. The van der Waals surface area contributed by atoms with Crippen LogP contribution in [0.15, 0.2) is 18.2 Å². The highest BCUT2D eigenvalue weighted by molar-refractivity contribution is 5.48. The zero-order chi connectivity index (χ0) is 10.6. The summed E-state index contributed by atoms with van der Waals surface area (Å²) in [6.45, 7) is 6.57. The molecule has 0 atom stereocenters. The van der Waals surface area contributed by atoms with E-state index in [0.29, 0.717) is 17.9 Å². The van der Waals surface area contributed by atoms with Gasteiger partial charge in [0.15, 0.2) is 0 Å². The first-order chi connectivity index (χ1) is 6.69. The topological polar surface area (TPSA) is 33.0 Å². The summed E-state index contributed by atoms with van der Waals surface area (Å²) in [5, 5.41) is 8.84. The van der Waals surface area contributed by atoms with E-state index in [-0.39, 0.29) is 0 Å². The van der Waals surface area contributed by atoms with E-state index in [1.54, 1.807) is 6.07 Å². The number of hydrogen-bond donors (Lipinski definition) is 0. The molecule has 0 heterocycles. The second kappa shape index (κ2) is 4.66. The van der Waals surface area contributed by atoms with E-state index in [1.165, 1.54) is 5.92 Å². The third-order valence-electron chi connectivity index (χ3n) is 1.98. The molecule has 0 saturated heterocycles. The maximum absolute atomic E-state index is 8.84. The van der Waals surface area contributed by atoms with Crippen LogP contribution in [0, 0.1) is 17.2 Å². The fourth-order valence-corrected chi connectivity index (χ4v) is 1.20. The Morgan fingerprint density at radius 1 is 1.43 bits per heavy atom. The Kier molecular flexibility index (Phi) is 3.53. The molecule has 1 aromatic rings. The maximum atomic E-state index is 8.84. The minimum atomic E-state index is 0.584. The van der Waals surface area contributed by atoms with Gasteiger partial charge in [0.1, 0.15) is 11.8 Å². The lowest BCUT2D eigenvalue weighted by molar-refractivity contribution is 0.339. The van der Waals surface area contributed by atoms with Crippen molar-refractivity contribution in [1.82, 2.24) is 0 Å². The van der Waals surface area contributed by atoms with E-state index >= 15 is 0 Å². The van der Waals surface area contributed by atoms with Gasteiger partial charge in [-0.3, -0.25) is 0 Å². The number of nitrogens with zero attached hydrogens (tertiary/aromatic N) is 1. The summed E-state index contributed by atoms with van der Waals surface area (Å²) in [7, 11) is 0. The Morgan fingerprint density at radius 2 is 2.14 bits per heavy atom.